The molecule has 3 N–H and O–H groups in total. The zero-order valence-electron chi connectivity index (χ0n) is 9.88. The molecule has 0 bridgehead atoms. The lowest BCUT2D eigenvalue weighted by molar-refractivity contribution is 0.102. The summed E-state index contributed by atoms with van der Waals surface area (Å²) in [4.78, 5) is 12.3. The van der Waals surface area contributed by atoms with Crippen LogP contribution >= 0.6 is 55.1 Å². The van der Waals surface area contributed by atoms with E-state index in [-0.39, 0.29) is 15.6 Å². The Kier molecular flexibility index (Phi) is 4.96. The fraction of sp³-hybridized carbons (Fsp3) is 0. The minimum absolute atomic E-state index is 0.228. The molecule has 0 aliphatic rings. The number of halogens is 4. The summed E-state index contributed by atoms with van der Waals surface area (Å²) in [6.45, 7) is 0. The molecule has 0 spiro atoms. The van der Waals surface area contributed by atoms with Crippen molar-refractivity contribution in [3.63, 3.8) is 0 Å². The van der Waals surface area contributed by atoms with Crippen LogP contribution in [-0.4, -0.2) is 5.91 Å². The third-order valence-corrected chi connectivity index (χ3v) is 4.37. The highest BCUT2D eigenvalue weighted by Crippen LogP contribution is 2.34. The van der Waals surface area contributed by atoms with Gasteiger partial charge in [-0.05, 0) is 56.1 Å². The van der Waals surface area contributed by atoms with Crippen LogP contribution in [0.3, 0.4) is 0 Å². The van der Waals surface area contributed by atoms with Crippen molar-refractivity contribution in [3.05, 3.63) is 54.9 Å². The van der Waals surface area contributed by atoms with Gasteiger partial charge in [-0.1, -0.05) is 29.3 Å². The number of amides is 1. The molecule has 0 saturated carbocycles. The molecule has 7 heteroatoms. The van der Waals surface area contributed by atoms with Crippen molar-refractivity contribution in [3.8, 4) is 0 Å². The van der Waals surface area contributed by atoms with E-state index in [9.17, 15) is 4.79 Å². The topological polar surface area (TPSA) is 55.1 Å². The van der Waals surface area contributed by atoms with Crippen molar-refractivity contribution in [2.75, 3.05) is 11.1 Å². The van der Waals surface area contributed by atoms with E-state index >= 15 is 0 Å². The molecule has 20 heavy (non-hydrogen) atoms. The van der Waals surface area contributed by atoms with Crippen LogP contribution in [0.1, 0.15) is 10.4 Å². The second-order valence-electron chi connectivity index (χ2n) is 3.91. The minimum atomic E-state index is -0.397. The first-order valence-corrected chi connectivity index (χ1v) is 7.74. The summed E-state index contributed by atoms with van der Waals surface area (Å²) in [6, 6.07) is 8.27. The van der Waals surface area contributed by atoms with Gasteiger partial charge in [-0.3, -0.25) is 4.79 Å². The van der Waals surface area contributed by atoms with E-state index in [1.54, 1.807) is 30.3 Å². The molecule has 1 amide bonds. The number of rotatable bonds is 2. The number of nitrogens with one attached hydrogen (secondary N) is 1. The summed E-state index contributed by atoms with van der Waals surface area (Å²) in [6.07, 6.45) is 0. The maximum atomic E-state index is 12.3. The number of hydrogen-bond acceptors (Lipinski definition) is 2. The predicted molar refractivity (Wildman–Crippen MR) is 90.7 cm³/mol. The standard InChI is InChI=1S/C13H8Br2Cl2N2O/c14-7-4-6(18)5-8(15)12(7)19-13(20)11-9(16)2-1-3-10(11)17/h1-5H,18H2,(H,19,20). The molecular formula is C13H8Br2Cl2N2O. The van der Waals surface area contributed by atoms with Gasteiger partial charge in [0.15, 0.2) is 0 Å². The van der Waals surface area contributed by atoms with Gasteiger partial charge in [0.05, 0.1) is 21.3 Å². The van der Waals surface area contributed by atoms with Crippen LogP contribution in [0.25, 0.3) is 0 Å². The van der Waals surface area contributed by atoms with Crippen LogP contribution in [0.2, 0.25) is 10.0 Å². The lowest BCUT2D eigenvalue weighted by Gasteiger charge is -2.12. The van der Waals surface area contributed by atoms with Crippen molar-refractivity contribution >= 4 is 72.3 Å². The molecule has 0 radical (unpaired) electrons. The summed E-state index contributed by atoms with van der Waals surface area (Å²) in [5.74, 6) is -0.397. The lowest BCUT2D eigenvalue weighted by Crippen LogP contribution is -2.14. The quantitative estimate of drug-likeness (QED) is 0.621. The Morgan fingerprint density at radius 2 is 1.60 bits per heavy atom. The Morgan fingerprint density at radius 1 is 1.10 bits per heavy atom. The maximum absolute atomic E-state index is 12.3. The monoisotopic (exact) mass is 436 g/mol. The number of anilines is 2. The smallest absolute Gasteiger partial charge is 0.258 e. The molecule has 0 aliphatic carbocycles. The molecule has 0 atom stereocenters. The van der Waals surface area contributed by atoms with Crippen LogP contribution in [0, 0.1) is 0 Å². The van der Waals surface area contributed by atoms with E-state index in [1.165, 1.54) is 0 Å². The SMILES string of the molecule is Nc1cc(Br)c(NC(=O)c2c(Cl)cccc2Cl)c(Br)c1. The highest BCUT2D eigenvalue weighted by molar-refractivity contribution is 9.11. The van der Waals surface area contributed by atoms with Gasteiger partial charge in [0, 0.05) is 14.6 Å². The highest BCUT2D eigenvalue weighted by Gasteiger charge is 2.17. The van der Waals surface area contributed by atoms with Gasteiger partial charge in [-0.15, -0.1) is 0 Å². The molecule has 0 aromatic heterocycles. The first kappa shape index (κ1) is 15.6. The van der Waals surface area contributed by atoms with E-state index in [1.807, 2.05) is 0 Å². The van der Waals surface area contributed by atoms with Gasteiger partial charge in [-0.25, -0.2) is 0 Å². The Morgan fingerprint density at radius 3 is 2.10 bits per heavy atom. The van der Waals surface area contributed by atoms with Crippen LogP contribution in [0.5, 0.6) is 0 Å². The fourth-order valence-corrected chi connectivity index (χ4v) is 3.59. The third-order valence-electron chi connectivity index (χ3n) is 2.49. The average Bonchev–Trinajstić information content (AvgIpc) is 2.33. The third kappa shape index (κ3) is 3.28. The Hall–Kier alpha value is -0.750. The number of nitrogen functional groups attached to an aromatic ring is 1. The van der Waals surface area contributed by atoms with Gasteiger partial charge < -0.3 is 11.1 Å². The molecule has 0 saturated heterocycles. The molecule has 0 fully saturated rings. The van der Waals surface area contributed by atoms with Crippen LogP contribution in [0.15, 0.2) is 39.3 Å². The van der Waals surface area contributed by atoms with Gasteiger partial charge in [0.1, 0.15) is 0 Å². The molecule has 104 valence electrons. The van der Waals surface area contributed by atoms with Crippen molar-refractivity contribution < 1.29 is 4.79 Å². The normalized spacial score (nSPS) is 10.4. The first-order chi connectivity index (χ1) is 9.40. The lowest BCUT2D eigenvalue weighted by atomic mass is 10.2. The van der Waals surface area contributed by atoms with E-state index in [0.29, 0.717) is 20.3 Å². The summed E-state index contributed by atoms with van der Waals surface area (Å²) >= 11 is 18.7. The molecule has 2 aromatic carbocycles. The second kappa shape index (κ2) is 6.35. The molecule has 0 aliphatic heterocycles. The molecule has 0 heterocycles. The van der Waals surface area contributed by atoms with Crippen LogP contribution in [-0.2, 0) is 0 Å². The summed E-state index contributed by atoms with van der Waals surface area (Å²) < 4.78 is 1.31. The Bertz CT molecular complexity index is 649. The van der Waals surface area contributed by atoms with Crippen molar-refractivity contribution in [1.29, 1.82) is 0 Å². The number of benzene rings is 2. The summed E-state index contributed by atoms with van der Waals surface area (Å²) in [7, 11) is 0. The van der Waals surface area contributed by atoms with Crippen LogP contribution in [0.4, 0.5) is 11.4 Å². The fourth-order valence-electron chi connectivity index (χ4n) is 1.60. The molecule has 2 rings (SSSR count). The Balaban J connectivity index is 2.38. The second-order valence-corrected chi connectivity index (χ2v) is 6.43. The largest absolute Gasteiger partial charge is 0.399 e. The van der Waals surface area contributed by atoms with Gasteiger partial charge in [0.2, 0.25) is 0 Å². The zero-order chi connectivity index (χ0) is 14.9. The van der Waals surface area contributed by atoms with Crippen LogP contribution < -0.4 is 11.1 Å². The number of hydrogen-bond donors (Lipinski definition) is 2. The van der Waals surface area contributed by atoms with Crippen molar-refractivity contribution in [2.24, 2.45) is 0 Å². The van der Waals surface area contributed by atoms with Crippen molar-refractivity contribution in [2.45, 2.75) is 0 Å². The van der Waals surface area contributed by atoms with E-state index in [4.69, 9.17) is 28.9 Å². The zero-order valence-corrected chi connectivity index (χ0v) is 14.6. The average molecular weight is 439 g/mol. The highest BCUT2D eigenvalue weighted by atomic mass is 79.9. The maximum Gasteiger partial charge on any atom is 0.258 e. The number of nitrogens with two attached hydrogens (primary N) is 1. The molecule has 3 nitrogen and oxygen atoms in total. The summed E-state index contributed by atoms with van der Waals surface area (Å²) in [5.41, 5.74) is 7.05. The first-order valence-electron chi connectivity index (χ1n) is 5.40. The van der Waals surface area contributed by atoms with Gasteiger partial charge >= 0.3 is 0 Å². The van der Waals surface area contributed by atoms with E-state index < -0.39 is 5.91 Å². The van der Waals surface area contributed by atoms with E-state index in [2.05, 4.69) is 37.2 Å². The number of carbonyl (C=O) groups is 1. The molecule has 2 aromatic rings. The molecule has 0 unspecified atom stereocenters. The Labute approximate surface area is 142 Å². The minimum Gasteiger partial charge on any atom is -0.399 e. The predicted octanol–water partition coefficient (Wildman–Crippen LogP) is 5.35. The van der Waals surface area contributed by atoms with Gasteiger partial charge in [0.25, 0.3) is 5.91 Å². The number of carbonyl (C=O) groups excluding carboxylic acids is 1. The van der Waals surface area contributed by atoms with Gasteiger partial charge in [-0.2, -0.15) is 0 Å². The van der Waals surface area contributed by atoms with E-state index in [0.717, 1.165) is 0 Å². The van der Waals surface area contributed by atoms with Crippen molar-refractivity contribution in [1.82, 2.24) is 0 Å². The summed E-state index contributed by atoms with van der Waals surface area (Å²) in [5, 5.41) is 3.33. The molecular weight excluding hydrogens is 431 g/mol.